The highest BCUT2D eigenvalue weighted by Gasteiger charge is 2.26. The largest absolute Gasteiger partial charge is 0.313 e. The lowest BCUT2D eigenvalue weighted by Gasteiger charge is -2.25. The molecule has 2 atom stereocenters. The van der Waals surface area contributed by atoms with Crippen molar-refractivity contribution in [3.8, 4) is 0 Å². The van der Waals surface area contributed by atoms with E-state index in [1.54, 1.807) is 0 Å². The van der Waals surface area contributed by atoms with E-state index in [-0.39, 0.29) is 0 Å². The molecule has 1 nitrogen and oxygen atoms in total. The number of nitrogens with one attached hydrogen (secondary N) is 1. The third-order valence-electron chi connectivity index (χ3n) is 4.11. The average Bonchev–Trinajstić information content (AvgIpc) is 2.93. The maximum atomic E-state index is 3.68. The van der Waals surface area contributed by atoms with E-state index in [0.29, 0.717) is 12.0 Å². The summed E-state index contributed by atoms with van der Waals surface area (Å²) in [4.78, 5) is 0. The zero-order valence-corrected chi connectivity index (χ0v) is 13.2. The molecule has 0 spiro atoms. The molecular weight excluding hydrogens is 242 g/mol. The molecule has 1 N–H and O–H groups in total. The van der Waals surface area contributed by atoms with Gasteiger partial charge in [-0.05, 0) is 52.6 Å². The number of hydrogen-bond acceptors (Lipinski definition) is 1. The van der Waals surface area contributed by atoms with Gasteiger partial charge in [0.15, 0.2) is 0 Å². The van der Waals surface area contributed by atoms with Crippen molar-refractivity contribution in [3.05, 3.63) is 58.7 Å². The molecule has 1 fully saturated rings. The molecule has 108 valence electrons. The van der Waals surface area contributed by atoms with Crippen LogP contribution in [-0.2, 0) is 0 Å². The fourth-order valence-electron chi connectivity index (χ4n) is 2.98. The predicted molar refractivity (Wildman–Crippen MR) is 88.1 cm³/mol. The van der Waals surface area contributed by atoms with E-state index in [2.05, 4.69) is 69.4 Å². The molecule has 1 saturated heterocycles. The first kappa shape index (κ1) is 15.1. The first-order valence-electron chi connectivity index (χ1n) is 7.69. The molecule has 1 aliphatic heterocycles. The summed E-state index contributed by atoms with van der Waals surface area (Å²) in [7, 11) is 0. The smallest absolute Gasteiger partial charge is 0.0202 e. The number of allylic oxidation sites excluding steroid dienone is 3. The van der Waals surface area contributed by atoms with Crippen LogP contribution in [0.3, 0.4) is 0 Å². The predicted octanol–water partition coefficient (Wildman–Crippen LogP) is 4.74. The van der Waals surface area contributed by atoms with Gasteiger partial charge in [0, 0.05) is 12.0 Å². The van der Waals surface area contributed by atoms with Crippen LogP contribution in [0.4, 0.5) is 0 Å². The summed E-state index contributed by atoms with van der Waals surface area (Å²) in [5, 5.41) is 3.68. The van der Waals surface area contributed by atoms with Crippen molar-refractivity contribution in [2.45, 2.75) is 52.5 Å². The van der Waals surface area contributed by atoms with E-state index in [9.17, 15) is 0 Å². The summed E-state index contributed by atoms with van der Waals surface area (Å²) in [5.41, 5.74) is 5.57. The van der Waals surface area contributed by atoms with E-state index in [0.717, 1.165) is 6.54 Å². The van der Waals surface area contributed by atoms with Crippen molar-refractivity contribution in [2.75, 3.05) is 6.54 Å². The van der Waals surface area contributed by atoms with Gasteiger partial charge in [0.2, 0.25) is 0 Å². The second kappa shape index (κ2) is 6.90. The van der Waals surface area contributed by atoms with Crippen molar-refractivity contribution in [2.24, 2.45) is 0 Å². The Hall–Kier alpha value is -1.34. The van der Waals surface area contributed by atoms with Gasteiger partial charge in [-0.15, -0.1) is 0 Å². The van der Waals surface area contributed by atoms with Gasteiger partial charge in [-0.3, -0.25) is 0 Å². The molecule has 0 aromatic heterocycles. The van der Waals surface area contributed by atoms with Gasteiger partial charge in [0.05, 0.1) is 0 Å². The van der Waals surface area contributed by atoms with Crippen molar-refractivity contribution in [3.63, 3.8) is 0 Å². The summed E-state index contributed by atoms with van der Waals surface area (Å²) in [6.45, 7) is 9.88. The molecule has 1 aromatic rings. The molecule has 1 heterocycles. The normalized spacial score (nSPS) is 20.8. The summed E-state index contributed by atoms with van der Waals surface area (Å²) in [5.74, 6) is 0.494. The molecule has 0 aliphatic carbocycles. The van der Waals surface area contributed by atoms with E-state index in [1.165, 1.54) is 35.1 Å². The van der Waals surface area contributed by atoms with Crippen LogP contribution in [0.1, 0.15) is 50.7 Å². The van der Waals surface area contributed by atoms with Gasteiger partial charge in [0.25, 0.3) is 0 Å². The summed E-state index contributed by atoms with van der Waals surface area (Å²) in [6.07, 6.45) is 7.09. The lowest BCUT2D eigenvalue weighted by atomic mass is 9.84. The fourth-order valence-corrected chi connectivity index (χ4v) is 2.98. The minimum Gasteiger partial charge on any atom is -0.313 e. The maximum Gasteiger partial charge on any atom is 0.0202 e. The summed E-state index contributed by atoms with van der Waals surface area (Å²) >= 11 is 0. The number of benzene rings is 1. The monoisotopic (exact) mass is 269 g/mol. The van der Waals surface area contributed by atoms with Crippen LogP contribution in [0.2, 0.25) is 0 Å². The SMILES string of the molecule is CC(C)=C/C=C(\C)[C@H](c1ccc(C)cc1)C1CCCN1. The highest BCUT2D eigenvalue weighted by atomic mass is 14.9. The Morgan fingerprint density at radius 1 is 1.15 bits per heavy atom. The minimum absolute atomic E-state index is 0.494. The van der Waals surface area contributed by atoms with E-state index < -0.39 is 0 Å². The fraction of sp³-hybridized carbons (Fsp3) is 0.474. The Kier molecular flexibility index (Phi) is 5.19. The Bertz CT molecular complexity index is 483. The van der Waals surface area contributed by atoms with E-state index >= 15 is 0 Å². The Morgan fingerprint density at radius 2 is 1.85 bits per heavy atom. The third kappa shape index (κ3) is 3.83. The second-order valence-electron chi connectivity index (χ2n) is 6.25. The Balaban J connectivity index is 2.31. The van der Waals surface area contributed by atoms with Crippen LogP contribution in [-0.4, -0.2) is 12.6 Å². The first-order valence-corrected chi connectivity index (χ1v) is 7.69. The van der Waals surface area contributed by atoms with Gasteiger partial charge in [-0.2, -0.15) is 0 Å². The maximum absolute atomic E-state index is 3.68. The van der Waals surface area contributed by atoms with E-state index in [1.807, 2.05) is 0 Å². The zero-order chi connectivity index (χ0) is 14.5. The molecule has 2 rings (SSSR count). The van der Waals surface area contributed by atoms with Gasteiger partial charge < -0.3 is 5.32 Å². The summed E-state index contributed by atoms with van der Waals surface area (Å²) < 4.78 is 0. The molecule has 1 heteroatoms. The van der Waals surface area contributed by atoms with E-state index in [4.69, 9.17) is 0 Å². The molecule has 1 aliphatic rings. The Labute approximate surface area is 123 Å². The Morgan fingerprint density at radius 3 is 2.40 bits per heavy atom. The average molecular weight is 269 g/mol. The van der Waals surface area contributed by atoms with Crippen LogP contribution in [0.15, 0.2) is 47.6 Å². The lowest BCUT2D eigenvalue weighted by Crippen LogP contribution is -2.29. The molecule has 0 saturated carbocycles. The summed E-state index contributed by atoms with van der Waals surface area (Å²) in [6, 6.07) is 9.62. The molecule has 20 heavy (non-hydrogen) atoms. The van der Waals surface area contributed by atoms with Crippen molar-refractivity contribution < 1.29 is 0 Å². The quantitative estimate of drug-likeness (QED) is 0.778. The van der Waals surface area contributed by atoms with Gasteiger partial charge in [-0.1, -0.05) is 53.1 Å². The highest BCUT2D eigenvalue weighted by molar-refractivity contribution is 5.34. The molecule has 0 amide bonds. The van der Waals surface area contributed by atoms with Crippen LogP contribution in [0.25, 0.3) is 0 Å². The number of hydrogen-bond donors (Lipinski definition) is 1. The van der Waals surface area contributed by atoms with Crippen molar-refractivity contribution in [1.29, 1.82) is 0 Å². The zero-order valence-electron chi connectivity index (χ0n) is 13.2. The first-order chi connectivity index (χ1) is 9.58. The minimum atomic E-state index is 0.494. The van der Waals surface area contributed by atoms with Gasteiger partial charge in [-0.25, -0.2) is 0 Å². The van der Waals surface area contributed by atoms with Crippen LogP contribution < -0.4 is 5.32 Å². The van der Waals surface area contributed by atoms with Gasteiger partial charge in [0.1, 0.15) is 0 Å². The van der Waals surface area contributed by atoms with Crippen molar-refractivity contribution >= 4 is 0 Å². The standard InChI is InChI=1S/C19H27N/c1-14(2)7-10-16(4)19(18-6-5-13-20-18)17-11-8-15(3)9-12-17/h7-12,18-20H,5-6,13H2,1-4H3/b16-10+/t18?,19-/m1/s1. The molecular formula is C19H27N. The molecule has 1 aromatic carbocycles. The lowest BCUT2D eigenvalue weighted by molar-refractivity contribution is 0.534. The van der Waals surface area contributed by atoms with Crippen molar-refractivity contribution in [1.82, 2.24) is 5.32 Å². The van der Waals surface area contributed by atoms with Crippen LogP contribution >= 0.6 is 0 Å². The highest BCUT2D eigenvalue weighted by Crippen LogP contribution is 2.32. The second-order valence-corrected chi connectivity index (χ2v) is 6.25. The molecule has 0 bridgehead atoms. The molecule has 1 unspecified atom stereocenters. The van der Waals surface area contributed by atoms with Gasteiger partial charge >= 0.3 is 0 Å². The molecule has 0 radical (unpaired) electrons. The topological polar surface area (TPSA) is 12.0 Å². The van der Waals surface area contributed by atoms with Crippen LogP contribution in [0, 0.1) is 6.92 Å². The van der Waals surface area contributed by atoms with Crippen LogP contribution in [0.5, 0.6) is 0 Å². The number of aryl methyl sites for hydroxylation is 1. The number of rotatable bonds is 4. The third-order valence-corrected chi connectivity index (χ3v) is 4.11.